The van der Waals surface area contributed by atoms with Gasteiger partial charge in [0.05, 0.1) is 12.2 Å². The van der Waals surface area contributed by atoms with Crippen LogP contribution in [0.15, 0.2) is 72.9 Å². The molecule has 0 aromatic carbocycles. The Labute approximate surface area is 167 Å². The van der Waals surface area contributed by atoms with Gasteiger partial charge in [0, 0.05) is 18.0 Å². The van der Waals surface area contributed by atoms with E-state index >= 15 is 0 Å². The molecular weight excluding hydrogens is 377 g/mol. The highest BCUT2D eigenvalue weighted by Crippen LogP contribution is 2.25. The molecule has 2 nitrogen and oxygen atoms in total. The minimum atomic E-state index is 0.161. The summed E-state index contributed by atoms with van der Waals surface area (Å²) in [6.45, 7) is 4.19. The predicted octanol–water partition coefficient (Wildman–Crippen LogP) is 7.26. The fraction of sp³-hybridized carbons (Fsp3) is 0.429. The summed E-state index contributed by atoms with van der Waals surface area (Å²) < 4.78 is 10.9. The molecule has 0 radical (unpaired) electrons. The maximum absolute atomic E-state index is 5.65. The molecule has 0 N–H and O–H groups in total. The van der Waals surface area contributed by atoms with Gasteiger partial charge in [0.15, 0.2) is 0 Å². The van der Waals surface area contributed by atoms with E-state index in [0.717, 1.165) is 32.1 Å². The summed E-state index contributed by atoms with van der Waals surface area (Å²) in [7, 11) is 5.40. The highest BCUT2D eigenvalue weighted by atomic mass is 32.0. The Bertz CT molecular complexity index is 480. The van der Waals surface area contributed by atoms with E-state index < -0.39 is 0 Å². The Morgan fingerprint density at radius 1 is 0.885 bits per heavy atom. The zero-order valence-corrected chi connectivity index (χ0v) is 19.4. The van der Waals surface area contributed by atoms with Crippen LogP contribution in [-0.2, 0) is 9.05 Å². The van der Waals surface area contributed by atoms with Crippen molar-refractivity contribution >= 4 is 26.9 Å². The van der Waals surface area contributed by atoms with Gasteiger partial charge >= 0.3 is 0 Å². The topological polar surface area (TPSA) is 18.5 Å². The average Bonchev–Trinajstić information content (AvgIpc) is 2.65. The number of hydrogen-bond acceptors (Lipinski definition) is 2. The molecule has 146 valence electrons. The molecule has 0 aromatic rings. The van der Waals surface area contributed by atoms with E-state index in [-0.39, 0.29) is 12.2 Å². The van der Waals surface area contributed by atoms with Gasteiger partial charge in [0.1, 0.15) is 0 Å². The SMILES string of the molecule is C/C=C\CC(/C=C/C=C\C/C=C\C/C=C\C=C\C(CCC)OP)OPP. The molecule has 0 bridgehead atoms. The molecular formula is C21H35O2P3. The van der Waals surface area contributed by atoms with E-state index in [1.54, 1.807) is 0 Å². The van der Waals surface area contributed by atoms with E-state index in [4.69, 9.17) is 9.05 Å². The van der Waals surface area contributed by atoms with Crippen LogP contribution in [0, 0.1) is 0 Å². The normalized spacial score (nSPS) is 16.2. The third-order valence-corrected chi connectivity index (χ3v) is 4.63. The summed E-state index contributed by atoms with van der Waals surface area (Å²) >= 11 is 0. The van der Waals surface area contributed by atoms with Crippen LogP contribution in [0.5, 0.6) is 0 Å². The molecule has 0 aliphatic rings. The molecule has 26 heavy (non-hydrogen) atoms. The molecule has 5 unspecified atom stereocenters. The van der Waals surface area contributed by atoms with Crippen molar-refractivity contribution in [1.82, 2.24) is 0 Å². The van der Waals surface area contributed by atoms with E-state index in [1.165, 1.54) is 0 Å². The molecule has 0 rings (SSSR count). The van der Waals surface area contributed by atoms with Crippen LogP contribution in [0.1, 0.15) is 46.0 Å². The van der Waals surface area contributed by atoms with Crippen LogP contribution in [0.25, 0.3) is 0 Å². The quantitative estimate of drug-likeness (QED) is 0.160. The van der Waals surface area contributed by atoms with Gasteiger partial charge in [0.25, 0.3) is 0 Å². The second-order valence-electron chi connectivity index (χ2n) is 5.61. The van der Waals surface area contributed by atoms with Gasteiger partial charge in [-0.05, 0) is 32.6 Å². The van der Waals surface area contributed by atoms with Crippen molar-refractivity contribution < 1.29 is 9.05 Å². The Morgan fingerprint density at radius 3 is 2.00 bits per heavy atom. The van der Waals surface area contributed by atoms with Gasteiger partial charge in [-0.1, -0.05) is 95.2 Å². The number of allylic oxidation sites excluding steroid dienone is 9. The van der Waals surface area contributed by atoms with Crippen LogP contribution >= 0.6 is 26.9 Å². The fourth-order valence-corrected chi connectivity index (χ4v) is 3.16. The third-order valence-electron chi connectivity index (χ3n) is 3.43. The Kier molecular flexibility index (Phi) is 20.7. The lowest BCUT2D eigenvalue weighted by atomic mass is 10.2. The fourth-order valence-electron chi connectivity index (χ4n) is 2.06. The molecule has 5 atom stereocenters. The van der Waals surface area contributed by atoms with Crippen LogP contribution < -0.4 is 0 Å². The van der Waals surface area contributed by atoms with Crippen molar-refractivity contribution in [3.8, 4) is 0 Å². The van der Waals surface area contributed by atoms with E-state index in [9.17, 15) is 0 Å². The molecule has 0 aromatic heterocycles. The first kappa shape index (κ1) is 25.6. The molecule has 0 saturated carbocycles. The second kappa shape index (κ2) is 21.0. The summed E-state index contributed by atoms with van der Waals surface area (Å²) in [5.74, 6) is 0. The summed E-state index contributed by atoms with van der Waals surface area (Å²) in [6.07, 6.45) is 30.7. The van der Waals surface area contributed by atoms with E-state index in [2.05, 4.69) is 98.2 Å². The molecule has 0 aliphatic carbocycles. The van der Waals surface area contributed by atoms with E-state index in [0.29, 0.717) is 8.50 Å². The van der Waals surface area contributed by atoms with Gasteiger partial charge in [0.2, 0.25) is 0 Å². The van der Waals surface area contributed by atoms with Crippen molar-refractivity contribution in [3.05, 3.63) is 72.9 Å². The van der Waals surface area contributed by atoms with Crippen molar-refractivity contribution in [2.75, 3.05) is 0 Å². The molecule has 0 aliphatic heterocycles. The van der Waals surface area contributed by atoms with E-state index in [1.807, 2.05) is 6.92 Å². The van der Waals surface area contributed by atoms with Crippen LogP contribution in [0.3, 0.4) is 0 Å². The van der Waals surface area contributed by atoms with Gasteiger partial charge in [-0.2, -0.15) is 0 Å². The molecule has 0 spiro atoms. The zero-order chi connectivity index (χ0) is 19.3. The molecule has 0 saturated heterocycles. The molecule has 0 heterocycles. The number of hydrogen-bond donors (Lipinski definition) is 0. The molecule has 0 amide bonds. The highest BCUT2D eigenvalue weighted by Gasteiger charge is 1.99. The first-order valence-electron chi connectivity index (χ1n) is 9.18. The minimum Gasteiger partial charge on any atom is -0.358 e. The standard InChI is InChI=1S/C21H35O2P3/c1-3-5-17-21(23-26-25)19-15-13-11-9-7-6-8-10-12-14-18-20(22-24)16-4-2/h3,5-7,10-15,18-21,26H,4,8-9,16-17,24-25H2,1-2H3/b5-3-,7-6-,12-10-,13-11-,18-14+,19-15+. The molecule has 5 heteroatoms. The third kappa shape index (κ3) is 17.1. The van der Waals surface area contributed by atoms with Crippen molar-refractivity contribution in [2.45, 2.75) is 58.2 Å². The smallest absolute Gasteiger partial charge is 0.0836 e. The minimum absolute atomic E-state index is 0.161. The van der Waals surface area contributed by atoms with Crippen molar-refractivity contribution in [3.63, 3.8) is 0 Å². The maximum Gasteiger partial charge on any atom is 0.0836 e. The predicted molar refractivity (Wildman–Crippen MR) is 127 cm³/mol. The summed E-state index contributed by atoms with van der Waals surface area (Å²) in [5, 5.41) is 0. The Morgan fingerprint density at radius 2 is 1.50 bits per heavy atom. The summed E-state index contributed by atoms with van der Waals surface area (Å²) in [6, 6.07) is 0. The van der Waals surface area contributed by atoms with Gasteiger partial charge in [-0.3, -0.25) is 0 Å². The highest BCUT2D eigenvalue weighted by molar-refractivity contribution is 8.00. The van der Waals surface area contributed by atoms with Crippen LogP contribution in [0.4, 0.5) is 0 Å². The zero-order valence-electron chi connectivity index (χ0n) is 16.1. The lowest BCUT2D eigenvalue weighted by molar-refractivity contribution is 0.279. The molecule has 0 fully saturated rings. The van der Waals surface area contributed by atoms with Gasteiger partial charge in [-0.25, -0.2) is 0 Å². The van der Waals surface area contributed by atoms with Crippen molar-refractivity contribution in [2.24, 2.45) is 0 Å². The lowest BCUT2D eigenvalue weighted by Gasteiger charge is -2.08. The van der Waals surface area contributed by atoms with Crippen molar-refractivity contribution in [1.29, 1.82) is 0 Å². The maximum atomic E-state index is 5.65. The average molecular weight is 412 g/mol. The lowest BCUT2D eigenvalue weighted by Crippen LogP contribution is -2.01. The summed E-state index contributed by atoms with van der Waals surface area (Å²) in [4.78, 5) is 0. The first-order chi connectivity index (χ1) is 12.8. The second-order valence-corrected chi connectivity index (χ2v) is 7.06. The Hall–Kier alpha value is -0.350. The monoisotopic (exact) mass is 412 g/mol. The first-order valence-corrected chi connectivity index (χ1v) is 12.4. The summed E-state index contributed by atoms with van der Waals surface area (Å²) in [5.41, 5.74) is 0. The van der Waals surface area contributed by atoms with Crippen LogP contribution in [0.2, 0.25) is 0 Å². The Balaban J connectivity index is 3.97. The van der Waals surface area contributed by atoms with Gasteiger partial charge in [-0.15, -0.1) is 0 Å². The van der Waals surface area contributed by atoms with Gasteiger partial charge < -0.3 is 9.05 Å². The number of rotatable bonds is 15. The van der Waals surface area contributed by atoms with Crippen LogP contribution in [-0.4, -0.2) is 12.2 Å². The largest absolute Gasteiger partial charge is 0.358 e.